The summed E-state index contributed by atoms with van der Waals surface area (Å²) < 4.78 is 5.81. The molecule has 0 spiro atoms. The summed E-state index contributed by atoms with van der Waals surface area (Å²) in [5.74, 6) is 0.650. The van der Waals surface area contributed by atoms with Crippen molar-refractivity contribution in [3.63, 3.8) is 0 Å². The van der Waals surface area contributed by atoms with E-state index in [2.05, 4.69) is 9.97 Å². The highest BCUT2D eigenvalue weighted by Crippen LogP contribution is 2.17. The Kier molecular flexibility index (Phi) is 6.52. The Bertz CT molecular complexity index is 1020. The standard InChI is InChI=1S/C24H24N4O3/c29-23(14-19-4-2-8-25-16-19)27-10-12-28(13-11-27)24(30)21-6-1-7-22(15-21)31-18-20-5-3-9-26-17-20/h1-9,15-17H,10-14,18H2. The fraction of sp³-hybridized carbons (Fsp3) is 0.250. The first-order valence-corrected chi connectivity index (χ1v) is 10.3. The molecule has 1 aromatic carbocycles. The predicted octanol–water partition coefficient (Wildman–Crippen LogP) is 2.58. The molecule has 0 radical (unpaired) electrons. The van der Waals surface area contributed by atoms with Crippen molar-refractivity contribution in [2.75, 3.05) is 26.2 Å². The second kappa shape index (κ2) is 9.84. The van der Waals surface area contributed by atoms with E-state index < -0.39 is 0 Å². The normalized spacial score (nSPS) is 13.7. The van der Waals surface area contributed by atoms with Gasteiger partial charge in [-0.1, -0.05) is 18.2 Å². The van der Waals surface area contributed by atoms with E-state index in [1.165, 1.54) is 0 Å². The minimum Gasteiger partial charge on any atom is -0.489 e. The lowest BCUT2D eigenvalue weighted by Gasteiger charge is -2.35. The first-order valence-electron chi connectivity index (χ1n) is 10.3. The summed E-state index contributed by atoms with van der Waals surface area (Å²) in [6.07, 6.45) is 7.20. The summed E-state index contributed by atoms with van der Waals surface area (Å²) in [6, 6.07) is 14.7. The van der Waals surface area contributed by atoms with Crippen LogP contribution in [0.15, 0.2) is 73.3 Å². The van der Waals surface area contributed by atoms with E-state index in [0.29, 0.717) is 50.5 Å². The molecule has 7 nitrogen and oxygen atoms in total. The monoisotopic (exact) mass is 416 g/mol. The Morgan fingerprint density at radius 2 is 1.52 bits per heavy atom. The first-order chi connectivity index (χ1) is 15.2. The molecular weight excluding hydrogens is 392 g/mol. The quantitative estimate of drug-likeness (QED) is 0.617. The van der Waals surface area contributed by atoms with Gasteiger partial charge in [-0.25, -0.2) is 0 Å². The van der Waals surface area contributed by atoms with Crippen LogP contribution in [0.1, 0.15) is 21.5 Å². The van der Waals surface area contributed by atoms with Crippen molar-refractivity contribution in [3.05, 3.63) is 90.0 Å². The number of pyridine rings is 2. The molecule has 0 N–H and O–H groups in total. The number of nitrogens with zero attached hydrogens (tertiary/aromatic N) is 4. The second-order valence-corrected chi connectivity index (χ2v) is 7.39. The minimum atomic E-state index is -0.0498. The van der Waals surface area contributed by atoms with E-state index in [-0.39, 0.29) is 11.8 Å². The minimum absolute atomic E-state index is 0.0498. The molecule has 0 bridgehead atoms. The van der Waals surface area contributed by atoms with Gasteiger partial charge in [-0.3, -0.25) is 19.6 Å². The van der Waals surface area contributed by atoms with Crippen LogP contribution in [0.3, 0.4) is 0 Å². The molecule has 158 valence electrons. The van der Waals surface area contributed by atoms with Crippen molar-refractivity contribution in [1.29, 1.82) is 0 Å². The van der Waals surface area contributed by atoms with Crippen molar-refractivity contribution in [2.45, 2.75) is 13.0 Å². The Morgan fingerprint density at radius 3 is 2.19 bits per heavy atom. The topological polar surface area (TPSA) is 75.6 Å². The van der Waals surface area contributed by atoms with Crippen LogP contribution in [-0.4, -0.2) is 57.8 Å². The van der Waals surface area contributed by atoms with Gasteiger partial charge in [-0.15, -0.1) is 0 Å². The van der Waals surface area contributed by atoms with Gasteiger partial charge in [0.05, 0.1) is 6.42 Å². The summed E-state index contributed by atoms with van der Waals surface area (Å²) in [5, 5.41) is 0. The maximum absolute atomic E-state index is 12.9. The van der Waals surface area contributed by atoms with Gasteiger partial charge in [0, 0.05) is 62.1 Å². The molecule has 1 fully saturated rings. The Labute approximate surface area is 181 Å². The molecule has 0 aliphatic carbocycles. The molecule has 1 aliphatic rings. The van der Waals surface area contributed by atoms with Crippen LogP contribution in [0.2, 0.25) is 0 Å². The molecule has 0 saturated carbocycles. The third kappa shape index (κ3) is 5.45. The zero-order valence-corrected chi connectivity index (χ0v) is 17.2. The number of carbonyl (C=O) groups is 2. The van der Waals surface area contributed by atoms with Gasteiger partial charge in [0.1, 0.15) is 12.4 Å². The molecule has 0 atom stereocenters. The van der Waals surface area contributed by atoms with Gasteiger partial charge in [-0.2, -0.15) is 0 Å². The maximum atomic E-state index is 12.9. The Hall–Kier alpha value is -3.74. The number of benzene rings is 1. The number of ether oxygens (including phenoxy) is 1. The molecule has 31 heavy (non-hydrogen) atoms. The molecule has 7 heteroatoms. The summed E-state index contributed by atoms with van der Waals surface area (Å²) in [7, 11) is 0. The van der Waals surface area contributed by atoms with Crippen molar-refractivity contribution in [2.24, 2.45) is 0 Å². The lowest BCUT2D eigenvalue weighted by atomic mass is 10.1. The highest BCUT2D eigenvalue weighted by Gasteiger charge is 2.25. The zero-order chi connectivity index (χ0) is 21.5. The van der Waals surface area contributed by atoms with E-state index in [4.69, 9.17) is 4.74 Å². The lowest BCUT2D eigenvalue weighted by molar-refractivity contribution is -0.131. The fourth-order valence-electron chi connectivity index (χ4n) is 3.50. The second-order valence-electron chi connectivity index (χ2n) is 7.39. The van der Waals surface area contributed by atoms with E-state index in [1.54, 1.807) is 41.8 Å². The Morgan fingerprint density at radius 1 is 0.839 bits per heavy atom. The third-order valence-electron chi connectivity index (χ3n) is 5.21. The molecule has 2 aromatic heterocycles. The summed E-state index contributed by atoms with van der Waals surface area (Å²) in [5.41, 5.74) is 2.44. The van der Waals surface area contributed by atoms with Crippen molar-refractivity contribution < 1.29 is 14.3 Å². The molecule has 3 aromatic rings. The maximum Gasteiger partial charge on any atom is 0.254 e. The molecule has 4 rings (SSSR count). The third-order valence-corrected chi connectivity index (χ3v) is 5.21. The van der Waals surface area contributed by atoms with Crippen molar-refractivity contribution in [1.82, 2.24) is 19.8 Å². The predicted molar refractivity (Wildman–Crippen MR) is 115 cm³/mol. The molecule has 2 amide bonds. The smallest absolute Gasteiger partial charge is 0.254 e. The van der Waals surface area contributed by atoms with Gasteiger partial charge in [0.2, 0.25) is 5.91 Å². The highest BCUT2D eigenvalue weighted by atomic mass is 16.5. The molecular formula is C24H24N4O3. The van der Waals surface area contributed by atoms with Gasteiger partial charge < -0.3 is 14.5 Å². The number of carbonyl (C=O) groups excluding carboxylic acids is 2. The van der Waals surface area contributed by atoms with Crippen LogP contribution in [0.4, 0.5) is 0 Å². The average Bonchev–Trinajstić information content (AvgIpc) is 2.84. The van der Waals surface area contributed by atoms with E-state index in [1.807, 2.05) is 41.3 Å². The number of aromatic nitrogens is 2. The van der Waals surface area contributed by atoms with Crippen molar-refractivity contribution in [3.8, 4) is 5.75 Å². The largest absolute Gasteiger partial charge is 0.489 e. The van der Waals surface area contributed by atoms with Crippen LogP contribution >= 0.6 is 0 Å². The fourth-order valence-corrected chi connectivity index (χ4v) is 3.50. The first kappa shape index (κ1) is 20.5. The number of hydrogen-bond donors (Lipinski definition) is 0. The van der Waals surface area contributed by atoms with Crippen molar-refractivity contribution >= 4 is 11.8 Å². The Balaban J connectivity index is 1.30. The van der Waals surface area contributed by atoms with Gasteiger partial charge in [0.15, 0.2) is 0 Å². The van der Waals surface area contributed by atoms with E-state index in [9.17, 15) is 9.59 Å². The van der Waals surface area contributed by atoms with Crippen LogP contribution in [0.5, 0.6) is 5.75 Å². The van der Waals surface area contributed by atoms with Gasteiger partial charge in [-0.05, 0) is 35.9 Å². The van der Waals surface area contributed by atoms with E-state index >= 15 is 0 Å². The molecule has 3 heterocycles. The van der Waals surface area contributed by atoms with Crippen LogP contribution in [0.25, 0.3) is 0 Å². The summed E-state index contributed by atoms with van der Waals surface area (Å²) >= 11 is 0. The molecule has 1 saturated heterocycles. The molecule has 0 unspecified atom stereocenters. The number of amides is 2. The van der Waals surface area contributed by atoms with Gasteiger partial charge in [0.25, 0.3) is 5.91 Å². The zero-order valence-electron chi connectivity index (χ0n) is 17.2. The average molecular weight is 416 g/mol. The summed E-state index contributed by atoms with van der Waals surface area (Å²) in [6.45, 7) is 2.48. The van der Waals surface area contributed by atoms with Crippen LogP contribution in [-0.2, 0) is 17.8 Å². The number of piperazine rings is 1. The number of rotatable bonds is 6. The molecule has 1 aliphatic heterocycles. The van der Waals surface area contributed by atoms with Crippen LogP contribution in [0, 0.1) is 0 Å². The summed E-state index contributed by atoms with van der Waals surface area (Å²) in [4.78, 5) is 37.2. The van der Waals surface area contributed by atoms with Crippen LogP contribution < -0.4 is 4.74 Å². The van der Waals surface area contributed by atoms with Gasteiger partial charge >= 0.3 is 0 Å². The SMILES string of the molecule is O=C(Cc1cccnc1)N1CCN(C(=O)c2cccc(OCc3cccnc3)c2)CC1. The highest BCUT2D eigenvalue weighted by molar-refractivity contribution is 5.94. The van der Waals surface area contributed by atoms with E-state index in [0.717, 1.165) is 11.1 Å². The number of hydrogen-bond acceptors (Lipinski definition) is 5. The lowest BCUT2D eigenvalue weighted by Crippen LogP contribution is -2.51.